The van der Waals surface area contributed by atoms with Gasteiger partial charge in [-0.3, -0.25) is 14.6 Å². The minimum Gasteiger partial charge on any atom is -0.342 e. The third kappa shape index (κ3) is 3.09. The average Bonchev–Trinajstić information content (AvgIpc) is 3.26. The Bertz CT molecular complexity index is 600. The molecule has 1 aromatic heterocycles. The van der Waals surface area contributed by atoms with E-state index in [-0.39, 0.29) is 17.7 Å². The summed E-state index contributed by atoms with van der Waals surface area (Å²) in [5, 5.41) is 0. The smallest absolute Gasteiger partial charge is 0.228 e. The number of hydrogen-bond acceptors (Lipinski definition) is 3. The van der Waals surface area contributed by atoms with Crippen LogP contribution in [0.3, 0.4) is 0 Å². The summed E-state index contributed by atoms with van der Waals surface area (Å²) in [7, 11) is 0. The molecule has 5 heteroatoms. The van der Waals surface area contributed by atoms with Gasteiger partial charge in [0, 0.05) is 45.0 Å². The van der Waals surface area contributed by atoms with Crippen molar-refractivity contribution >= 4 is 11.8 Å². The number of carbonyl (C=O) groups excluding carboxylic acids is 2. The van der Waals surface area contributed by atoms with Gasteiger partial charge in [0.25, 0.3) is 0 Å². The summed E-state index contributed by atoms with van der Waals surface area (Å²) < 4.78 is 0. The van der Waals surface area contributed by atoms with E-state index in [4.69, 9.17) is 0 Å². The molecule has 3 aliphatic rings. The number of rotatable bonds is 4. The number of carbonyl (C=O) groups is 2. The fourth-order valence-corrected chi connectivity index (χ4v) is 3.88. The molecule has 3 heterocycles. The molecule has 1 aromatic rings. The van der Waals surface area contributed by atoms with Crippen molar-refractivity contribution in [1.29, 1.82) is 0 Å². The Kier molecular flexibility index (Phi) is 3.79. The van der Waals surface area contributed by atoms with E-state index in [0.717, 1.165) is 25.1 Å². The first-order chi connectivity index (χ1) is 11.2. The number of nitrogens with zero attached hydrogens (tertiary/aromatic N) is 3. The van der Waals surface area contributed by atoms with E-state index < -0.39 is 0 Å². The second-order valence-electron chi connectivity index (χ2n) is 7.22. The van der Waals surface area contributed by atoms with Gasteiger partial charge in [0.2, 0.25) is 11.8 Å². The molecule has 2 amide bonds. The normalized spacial score (nSPS) is 27.2. The van der Waals surface area contributed by atoms with Crippen molar-refractivity contribution in [3.63, 3.8) is 0 Å². The molecule has 0 unspecified atom stereocenters. The summed E-state index contributed by atoms with van der Waals surface area (Å²) in [5.74, 6) is 1.47. The van der Waals surface area contributed by atoms with Crippen LogP contribution in [0.1, 0.15) is 31.2 Å². The molecular formula is C18H23N3O2. The van der Waals surface area contributed by atoms with Crippen molar-refractivity contribution in [1.82, 2.24) is 14.8 Å². The quantitative estimate of drug-likeness (QED) is 0.850. The van der Waals surface area contributed by atoms with Crippen LogP contribution in [0.4, 0.5) is 0 Å². The predicted octanol–water partition coefficient (Wildman–Crippen LogP) is 1.69. The molecule has 2 atom stereocenters. The molecule has 0 aromatic carbocycles. The maximum Gasteiger partial charge on any atom is 0.228 e. The zero-order valence-electron chi connectivity index (χ0n) is 13.4. The van der Waals surface area contributed by atoms with Crippen LogP contribution in [-0.2, 0) is 16.1 Å². The summed E-state index contributed by atoms with van der Waals surface area (Å²) in [4.78, 5) is 33.0. The number of hydrogen-bond donors (Lipinski definition) is 0. The van der Waals surface area contributed by atoms with Crippen LogP contribution in [0.5, 0.6) is 0 Å². The molecule has 0 radical (unpaired) electrons. The van der Waals surface area contributed by atoms with E-state index in [0.29, 0.717) is 31.3 Å². The van der Waals surface area contributed by atoms with Gasteiger partial charge in [-0.25, -0.2) is 0 Å². The van der Waals surface area contributed by atoms with E-state index in [2.05, 4.69) is 4.98 Å². The molecular weight excluding hydrogens is 290 g/mol. The predicted molar refractivity (Wildman–Crippen MR) is 85.2 cm³/mol. The molecule has 1 aliphatic carbocycles. The lowest BCUT2D eigenvalue weighted by molar-refractivity contribution is -0.140. The molecule has 2 saturated heterocycles. The molecule has 0 bridgehead atoms. The van der Waals surface area contributed by atoms with Gasteiger partial charge in [-0.15, -0.1) is 0 Å². The van der Waals surface area contributed by atoms with Crippen molar-refractivity contribution in [2.45, 2.75) is 32.2 Å². The third-order valence-corrected chi connectivity index (χ3v) is 5.48. The highest BCUT2D eigenvalue weighted by Crippen LogP contribution is 2.36. The molecule has 0 spiro atoms. The maximum atomic E-state index is 12.8. The standard InChI is InChI=1S/C18H23N3O2/c22-17(9-13-1-2-13)21-11-15-5-8-20(18(23)16(15)12-21)10-14-3-6-19-7-4-14/h3-4,6-7,13,15-16H,1-2,5,8-12H2/t15-,16-/m1/s1. The highest BCUT2D eigenvalue weighted by Gasteiger charge is 2.44. The number of piperidine rings is 1. The zero-order valence-corrected chi connectivity index (χ0v) is 13.4. The van der Waals surface area contributed by atoms with Gasteiger partial charge >= 0.3 is 0 Å². The van der Waals surface area contributed by atoms with Gasteiger partial charge in [0.15, 0.2) is 0 Å². The van der Waals surface area contributed by atoms with Crippen molar-refractivity contribution in [3.05, 3.63) is 30.1 Å². The van der Waals surface area contributed by atoms with Crippen LogP contribution < -0.4 is 0 Å². The van der Waals surface area contributed by atoms with E-state index >= 15 is 0 Å². The second kappa shape index (κ2) is 5.95. The molecule has 5 nitrogen and oxygen atoms in total. The van der Waals surface area contributed by atoms with Crippen LogP contribution in [0.15, 0.2) is 24.5 Å². The number of pyridine rings is 1. The molecule has 23 heavy (non-hydrogen) atoms. The summed E-state index contributed by atoms with van der Waals surface area (Å²) in [6.07, 6.45) is 7.63. The second-order valence-corrected chi connectivity index (χ2v) is 7.22. The minimum atomic E-state index is 0.00809. The van der Waals surface area contributed by atoms with Crippen LogP contribution in [0, 0.1) is 17.8 Å². The maximum absolute atomic E-state index is 12.8. The van der Waals surface area contributed by atoms with Crippen molar-refractivity contribution < 1.29 is 9.59 Å². The lowest BCUT2D eigenvalue weighted by Gasteiger charge is -2.33. The van der Waals surface area contributed by atoms with Crippen molar-refractivity contribution in [2.24, 2.45) is 17.8 Å². The monoisotopic (exact) mass is 313 g/mol. The molecule has 0 N–H and O–H groups in total. The first kappa shape index (κ1) is 14.7. The summed E-state index contributed by atoms with van der Waals surface area (Å²) in [6, 6.07) is 3.92. The van der Waals surface area contributed by atoms with Crippen molar-refractivity contribution in [3.8, 4) is 0 Å². The Morgan fingerprint density at radius 1 is 1.17 bits per heavy atom. The van der Waals surface area contributed by atoms with Gasteiger partial charge in [-0.1, -0.05) is 0 Å². The Balaban J connectivity index is 1.39. The molecule has 3 fully saturated rings. The molecule has 4 rings (SSSR count). The van der Waals surface area contributed by atoms with Crippen LogP contribution in [0.25, 0.3) is 0 Å². The van der Waals surface area contributed by atoms with Gasteiger partial charge in [0.05, 0.1) is 5.92 Å². The number of amides is 2. The van der Waals surface area contributed by atoms with E-state index in [9.17, 15) is 9.59 Å². The first-order valence-electron chi connectivity index (χ1n) is 8.66. The molecule has 122 valence electrons. The van der Waals surface area contributed by atoms with Crippen molar-refractivity contribution in [2.75, 3.05) is 19.6 Å². The van der Waals surface area contributed by atoms with E-state index in [1.807, 2.05) is 21.9 Å². The Morgan fingerprint density at radius 3 is 2.70 bits per heavy atom. The highest BCUT2D eigenvalue weighted by molar-refractivity contribution is 5.83. The number of aromatic nitrogens is 1. The molecule has 2 aliphatic heterocycles. The fraction of sp³-hybridized carbons (Fsp3) is 0.611. The van der Waals surface area contributed by atoms with Gasteiger partial charge < -0.3 is 9.80 Å². The lowest BCUT2D eigenvalue weighted by Crippen LogP contribution is -2.44. The number of likely N-dealkylation sites (tertiary alicyclic amines) is 2. The van der Waals surface area contributed by atoms with Crippen LogP contribution in [0.2, 0.25) is 0 Å². The van der Waals surface area contributed by atoms with Crippen LogP contribution >= 0.6 is 0 Å². The average molecular weight is 313 g/mol. The largest absolute Gasteiger partial charge is 0.342 e. The van der Waals surface area contributed by atoms with Crippen LogP contribution in [-0.4, -0.2) is 46.2 Å². The zero-order chi connectivity index (χ0) is 15.8. The highest BCUT2D eigenvalue weighted by atomic mass is 16.2. The lowest BCUT2D eigenvalue weighted by atomic mass is 9.88. The number of fused-ring (bicyclic) bond motifs is 1. The fourth-order valence-electron chi connectivity index (χ4n) is 3.88. The SMILES string of the molecule is O=C(CC1CC1)N1C[C@H]2CCN(Cc3ccncc3)C(=O)[C@@H]2C1. The Morgan fingerprint density at radius 2 is 1.96 bits per heavy atom. The van der Waals surface area contributed by atoms with Gasteiger partial charge in [-0.05, 0) is 48.8 Å². The summed E-state index contributed by atoms with van der Waals surface area (Å²) >= 11 is 0. The van der Waals surface area contributed by atoms with E-state index in [1.165, 1.54) is 12.8 Å². The first-order valence-corrected chi connectivity index (χ1v) is 8.66. The summed E-state index contributed by atoms with van der Waals surface area (Å²) in [5.41, 5.74) is 1.12. The third-order valence-electron chi connectivity index (χ3n) is 5.48. The van der Waals surface area contributed by atoms with Gasteiger partial charge in [-0.2, -0.15) is 0 Å². The molecule has 1 saturated carbocycles. The summed E-state index contributed by atoms with van der Waals surface area (Å²) in [6.45, 7) is 2.86. The Hall–Kier alpha value is -1.91. The van der Waals surface area contributed by atoms with E-state index in [1.54, 1.807) is 12.4 Å². The van der Waals surface area contributed by atoms with Gasteiger partial charge in [0.1, 0.15) is 0 Å². The minimum absolute atomic E-state index is 0.00809. The Labute approximate surface area is 136 Å². The topological polar surface area (TPSA) is 53.5 Å².